The van der Waals surface area contributed by atoms with Crippen LogP contribution in [0.5, 0.6) is 0 Å². The highest BCUT2D eigenvalue weighted by atomic mass is 19.1. The lowest BCUT2D eigenvalue weighted by Crippen LogP contribution is -2.47. The lowest BCUT2D eigenvalue weighted by atomic mass is 9.92. The molecule has 0 amide bonds. The zero-order valence-electron chi connectivity index (χ0n) is 16.6. The van der Waals surface area contributed by atoms with Gasteiger partial charge in [-0.15, -0.1) is 0 Å². The van der Waals surface area contributed by atoms with Crippen LogP contribution in [0.4, 0.5) is 10.1 Å². The van der Waals surface area contributed by atoms with Gasteiger partial charge in [0, 0.05) is 44.8 Å². The van der Waals surface area contributed by atoms with Crippen LogP contribution in [0.15, 0.2) is 17.1 Å². The molecule has 1 fully saturated rings. The van der Waals surface area contributed by atoms with Gasteiger partial charge in [0.25, 0.3) is 0 Å². The topological polar surface area (TPSA) is 82.8 Å². The summed E-state index contributed by atoms with van der Waals surface area (Å²) in [5, 5.41) is 9.33. The van der Waals surface area contributed by atoms with Crippen LogP contribution in [0.2, 0.25) is 0 Å². The zero-order valence-corrected chi connectivity index (χ0v) is 16.6. The normalized spacial score (nSPS) is 19.8. The van der Waals surface area contributed by atoms with E-state index in [2.05, 4.69) is 11.8 Å². The summed E-state index contributed by atoms with van der Waals surface area (Å²) in [6.45, 7) is 7.63. The first-order chi connectivity index (χ1) is 13.8. The lowest BCUT2D eigenvalue weighted by Gasteiger charge is -2.38. The van der Waals surface area contributed by atoms with Gasteiger partial charge in [0.05, 0.1) is 22.2 Å². The molecule has 1 saturated heterocycles. The summed E-state index contributed by atoms with van der Waals surface area (Å²) in [6.07, 6.45) is 2.47. The van der Waals surface area contributed by atoms with Crippen LogP contribution < -0.4 is 10.3 Å². The molecule has 1 N–H and O–H groups in total. The first-order valence-electron chi connectivity index (χ1n) is 9.98. The molecule has 2 aliphatic rings. The molecule has 0 spiro atoms. The standard InChI is InChI=1S/C21H24FN3O4/c1-3-4-23-5-7-24(8-6-23)19-15(22)10-13-18-17(19)16(26)9-12(2)25(18)11-14(20(13)27)21(28)29/h10-12H,3-9H2,1-2H3,(H,28,29). The number of benzene rings is 1. The Morgan fingerprint density at radius 2 is 1.93 bits per heavy atom. The van der Waals surface area contributed by atoms with E-state index < -0.39 is 22.8 Å². The molecule has 29 heavy (non-hydrogen) atoms. The van der Waals surface area contributed by atoms with Crippen molar-refractivity contribution in [2.24, 2.45) is 0 Å². The molecule has 8 heteroatoms. The summed E-state index contributed by atoms with van der Waals surface area (Å²) in [5.41, 5.74) is -0.385. The molecule has 1 atom stereocenters. The highest BCUT2D eigenvalue weighted by Gasteiger charge is 2.33. The summed E-state index contributed by atoms with van der Waals surface area (Å²) in [5.74, 6) is -2.22. The van der Waals surface area contributed by atoms with E-state index in [1.165, 1.54) is 6.20 Å². The number of carboxylic acids is 1. The van der Waals surface area contributed by atoms with Crippen LogP contribution in [0.1, 0.15) is 53.4 Å². The number of hydrogen-bond acceptors (Lipinski definition) is 5. The van der Waals surface area contributed by atoms with Crippen molar-refractivity contribution in [3.63, 3.8) is 0 Å². The Balaban J connectivity index is 1.93. The molecule has 2 aromatic rings. The number of rotatable bonds is 4. The van der Waals surface area contributed by atoms with Crippen molar-refractivity contribution in [3.05, 3.63) is 39.4 Å². The molecule has 1 unspecified atom stereocenters. The molecule has 7 nitrogen and oxygen atoms in total. The maximum atomic E-state index is 15.2. The van der Waals surface area contributed by atoms with Crippen LogP contribution in [0.25, 0.3) is 10.9 Å². The van der Waals surface area contributed by atoms with Crippen molar-refractivity contribution in [1.29, 1.82) is 0 Å². The molecule has 1 aromatic heterocycles. The number of anilines is 1. The first kappa shape index (κ1) is 19.6. The Bertz CT molecular complexity index is 1070. The van der Waals surface area contributed by atoms with Crippen LogP contribution in [0, 0.1) is 5.82 Å². The van der Waals surface area contributed by atoms with E-state index >= 15 is 4.39 Å². The fourth-order valence-corrected chi connectivity index (χ4v) is 4.53. The van der Waals surface area contributed by atoms with Crippen molar-refractivity contribution < 1.29 is 19.1 Å². The van der Waals surface area contributed by atoms with Gasteiger partial charge >= 0.3 is 5.97 Å². The Kier molecular flexibility index (Phi) is 4.90. The van der Waals surface area contributed by atoms with Crippen molar-refractivity contribution >= 4 is 28.3 Å². The van der Waals surface area contributed by atoms with Crippen molar-refractivity contribution in [2.45, 2.75) is 32.7 Å². The molecule has 2 aliphatic heterocycles. The quantitative estimate of drug-likeness (QED) is 0.848. The predicted octanol–water partition coefficient (Wildman–Crippen LogP) is 2.52. The highest BCUT2D eigenvalue weighted by Crippen LogP contribution is 2.38. The number of carbonyl (C=O) groups excluding carboxylic acids is 1. The number of carbonyl (C=O) groups is 2. The van der Waals surface area contributed by atoms with E-state index in [-0.39, 0.29) is 34.9 Å². The van der Waals surface area contributed by atoms with Gasteiger partial charge in [0.2, 0.25) is 5.43 Å². The van der Waals surface area contributed by atoms with E-state index in [0.717, 1.165) is 32.1 Å². The number of hydrogen-bond donors (Lipinski definition) is 1. The number of Topliss-reactive ketones (excluding diaryl/α,β-unsaturated/α-hetero) is 1. The fraction of sp³-hybridized carbons (Fsp3) is 0.476. The first-order valence-corrected chi connectivity index (χ1v) is 9.98. The summed E-state index contributed by atoms with van der Waals surface area (Å²) < 4.78 is 16.9. The maximum Gasteiger partial charge on any atom is 0.341 e. The monoisotopic (exact) mass is 401 g/mol. The van der Waals surface area contributed by atoms with E-state index in [0.29, 0.717) is 18.6 Å². The predicted molar refractivity (Wildman–Crippen MR) is 108 cm³/mol. The largest absolute Gasteiger partial charge is 0.477 e. The molecule has 0 saturated carbocycles. The van der Waals surface area contributed by atoms with E-state index in [1.807, 2.05) is 4.90 Å². The molecule has 0 bridgehead atoms. The van der Waals surface area contributed by atoms with E-state index in [1.54, 1.807) is 11.5 Å². The summed E-state index contributed by atoms with van der Waals surface area (Å²) in [4.78, 5) is 41.3. The van der Waals surface area contributed by atoms with Gasteiger partial charge in [-0.3, -0.25) is 14.5 Å². The van der Waals surface area contributed by atoms with E-state index in [4.69, 9.17) is 0 Å². The Labute approximate surface area is 167 Å². The molecule has 1 aromatic carbocycles. The second-order valence-electron chi connectivity index (χ2n) is 7.87. The molecule has 3 heterocycles. The van der Waals surface area contributed by atoms with Crippen molar-refractivity contribution in [3.8, 4) is 0 Å². The Morgan fingerprint density at radius 3 is 2.55 bits per heavy atom. The van der Waals surface area contributed by atoms with Crippen LogP contribution >= 0.6 is 0 Å². The number of carboxylic acid groups (broad SMARTS) is 1. The van der Waals surface area contributed by atoms with Gasteiger partial charge in [0.15, 0.2) is 5.78 Å². The van der Waals surface area contributed by atoms with Gasteiger partial charge in [-0.05, 0) is 26.0 Å². The second kappa shape index (κ2) is 7.26. The molecule has 154 valence electrons. The number of aromatic nitrogens is 1. The highest BCUT2D eigenvalue weighted by molar-refractivity contribution is 6.13. The number of piperazine rings is 1. The van der Waals surface area contributed by atoms with Crippen LogP contribution in [-0.4, -0.2) is 59.0 Å². The SMILES string of the molecule is CCCN1CCN(c2c(F)cc3c(=O)c(C(=O)O)cn4c3c2C(=O)CC4C)CC1. The zero-order chi connectivity index (χ0) is 20.9. The molecule has 0 aliphatic carbocycles. The number of aromatic carboxylic acids is 1. The molecule has 0 radical (unpaired) electrons. The summed E-state index contributed by atoms with van der Waals surface area (Å²) in [6, 6.07) is 0.791. The Hall–Kier alpha value is -2.74. The summed E-state index contributed by atoms with van der Waals surface area (Å²) >= 11 is 0. The third kappa shape index (κ3) is 3.11. The number of pyridine rings is 1. The minimum atomic E-state index is -1.36. The van der Waals surface area contributed by atoms with Gasteiger partial charge in [-0.25, -0.2) is 9.18 Å². The minimum Gasteiger partial charge on any atom is -0.477 e. The number of halogens is 1. The number of nitrogens with zero attached hydrogens (tertiary/aromatic N) is 3. The smallest absolute Gasteiger partial charge is 0.341 e. The Morgan fingerprint density at radius 1 is 1.24 bits per heavy atom. The van der Waals surface area contributed by atoms with E-state index in [9.17, 15) is 19.5 Å². The average molecular weight is 401 g/mol. The van der Waals surface area contributed by atoms with Gasteiger partial charge < -0.3 is 14.6 Å². The van der Waals surface area contributed by atoms with Crippen molar-refractivity contribution in [2.75, 3.05) is 37.6 Å². The molecule has 4 rings (SSSR count). The number of ketones is 1. The average Bonchev–Trinajstić information content (AvgIpc) is 2.67. The maximum absolute atomic E-state index is 15.2. The third-order valence-electron chi connectivity index (χ3n) is 5.93. The fourth-order valence-electron chi connectivity index (χ4n) is 4.53. The van der Waals surface area contributed by atoms with Gasteiger partial charge in [0.1, 0.15) is 11.4 Å². The molecular formula is C21H24FN3O4. The van der Waals surface area contributed by atoms with Gasteiger partial charge in [-0.1, -0.05) is 6.92 Å². The van der Waals surface area contributed by atoms with Crippen LogP contribution in [0.3, 0.4) is 0 Å². The summed E-state index contributed by atoms with van der Waals surface area (Å²) in [7, 11) is 0. The minimum absolute atomic E-state index is 0.0503. The third-order valence-corrected chi connectivity index (χ3v) is 5.93. The lowest BCUT2D eigenvalue weighted by molar-refractivity contribution is 0.0694. The second-order valence-corrected chi connectivity index (χ2v) is 7.87. The van der Waals surface area contributed by atoms with Crippen LogP contribution in [-0.2, 0) is 0 Å². The van der Waals surface area contributed by atoms with Crippen molar-refractivity contribution in [1.82, 2.24) is 9.47 Å². The molecular weight excluding hydrogens is 377 g/mol. The van der Waals surface area contributed by atoms with Gasteiger partial charge in [-0.2, -0.15) is 0 Å².